The topological polar surface area (TPSA) is 57.7 Å². The summed E-state index contributed by atoms with van der Waals surface area (Å²) in [5.74, 6) is 2.52. The third kappa shape index (κ3) is 4.16. The van der Waals surface area contributed by atoms with E-state index in [1.807, 2.05) is 42.2 Å². The maximum atomic E-state index is 13.5. The van der Waals surface area contributed by atoms with Crippen LogP contribution < -0.4 is 4.74 Å². The second kappa shape index (κ2) is 9.02. The van der Waals surface area contributed by atoms with E-state index in [9.17, 15) is 4.79 Å². The lowest BCUT2D eigenvalue weighted by Gasteiger charge is -2.28. The molecule has 2 aliphatic rings. The number of aliphatic imine (C=N–C) groups is 1. The van der Waals surface area contributed by atoms with Gasteiger partial charge in [-0.05, 0) is 86.6 Å². The van der Waals surface area contributed by atoms with Gasteiger partial charge in [0.15, 0.2) is 5.17 Å². The molecule has 1 aromatic heterocycles. The summed E-state index contributed by atoms with van der Waals surface area (Å²) in [6.07, 6.45) is 4.37. The highest BCUT2D eigenvalue weighted by Gasteiger charge is 2.26. The molecule has 0 bridgehead atoms. The number of rotatable bonds is 4. The number of aromatic nitrogens is 1. The van der Waals surface area contributed by atoms with E-state index in [2.05, 4.69) is 24.0 Å². The van der Waals surface area contributed by atoms with Crippen LogP contribution >= 0.6 is 11.8 Å². The number of hydrogen-bond donors (Lipinski definition) is 1. The molecule has 0 unspecified atom stereocenters. The Hall–Kier alpha value is -2.73. The largest absolute Gasteiger partial charge is 0.494 e. The van der Waals surface area contributed by atoms with Crippen molar-refractivity contribution in [2.24, 2.45) is 10.9 Å². The molecule has 1 aliphatic carbocycles. The second-order valence-electron chi connectivity index (χ2n) is 8.67. The lowest BCUT2D eigenvalue weighted by molar-refractivity contribution is 0.0849. The SMILES string of the molecule is CCOc1ccc(N=C2SCCCN2C(=O)c2ccc3[nH]c4c(c3c2)C[C@H](C)CC4)cc1. The third-order valence-corrected chi connectivity index (χ3v) is 7.35. The molecule has 5 rings (SSSR count). The van der Waals surface area contributed by atoms with Crippen LogP contribution in [0.15, 0.2) is 47.5 Å². The molecule has 6 heteroatoms. The molecule has 2 aromatic carbocycles. The molecule has 5 nitrogen and oxygen atoms in total. The fourth-order valence-electron chi connectivity index (χ4n) is 4.61. The van der Waals surface area contributed by atoms with E-state index in [0.717, 1.165) is 52.7 Å². The summed E-state index contributed by atoms with van der Waals surface area (Å²) in [6, 6.07) is 13.8. The summed E-state index contributed by atoms with van der Waals surface area (Å²) < 4.78 is 5.52. The lowest BCUT2D eigenvalue weighted by atomic mass is 9.87. The first-order chi connectivity index (χ1) is 15.6. The van der Waals surface area contributed by atoms with Gasteiger partial charge in [-0.2, -0.15) is 0 Å². The van der Waals surface area contributed by atoms with E-state index in [-0.39, 0.29) is 5.91 Å². The molecule has 1 N–H and O–H groups in total. The van der Waals surface area contributed by atoms with Crippen molar-refractivity contribution in [2.75, 3.05) is 18.9 Å². The number of thioether (sulfide) groups is 1. The number of nitrogens with one attached hydrogen (secondary N) is 1. The number of benzene rings is 2. The molecule has 0 spiro atoms. The predicted molar refractivity (Wildman–Crippen MR) is 132 cm³/mol. The van der Waals surface area contributed by atoms with E-state index in [1.54, 1.807) is 11.8 Å². The predicted octanol–water partition coefficient (Wildman–Crippen LogP) is 5.96. The zero-order valence-electron chi connectivity index (χ0n) is 18.7. The van der Waals surface area contributed by atoms with Gasteiger partial charge < -0.3 is 9.72 Å². The van der Waals surface area contributed by atoms with Crippen LogP contribution in [0.2, 0.25) is 0 Å². The number of amidine groups is 1. The molecule has 1 atom stereocenters. The number of H-pyrrole nitrogens is 1. The first kappa shape index (κ1) is 21.1. The van der Waals surface area contributed by atoms with Gasteiger partial charge in [0.05, 0.1) is 12.3 Å². The quantitative estimate of drug-likeness (QED) is 0.537. The summed E-state index contributed by atoms with van der Waals surface area (Å²) >= 11 is 1.65. The van der Waals surface area contributed by atoms with Gasteiger partial charge in [0.1, 0.15) is 5.75 Å². The number of carbonyl (C=O) groups excluding carboxylic acids is 1. The maximum absolute atomic E-state index is 13.5. The summed E-state index contributed by atoms with van der Waals surface area (Å²) in [5, 5.41) is 1.97. The van der Waals surface area contributed by atoms with Crippen molar-refractivity contribution in [3.8, 4) is 5.75 Å². The molecule has 1 saturated heterocycles. The minimum absolute atomic E-state index is 0.0302. The number of carbonyl (C=O) groups is 1. The number of ether oxygens (including phenoxy) is 1. The van der Waals surface area contributed by atoms with Gasteiger partial charge >= 0.3 is 0 Å². The van der Waals surface area contributed by atoms with E-state index in [0.29, 0.717) is 19.1 Å². The number of aromatic amines is 1. The fraction of sp³-hybridized carbons (Fsp3) is 0.385. The van der Waals surface area contributed by atoms with E-state index < -0.39 is 0 Å². The molecule has 1 aliphatic heterocycles. The minimum Gasteiger partial charge on any atom is -0.494 e. The third-order valence-electron chi connectivity index (χ3n) is 6.29. The van der Waals surface area contributed by atoms with Crippen molar-refractivity contribution >= 4 is 39.4 Å². The van der Waals surface area contributed by atoms with Crippen molar-refractivity contribution in [2.45, 2.75) is 39.5 Å². The second-order valence-corrected chi connectivity index (χ2v) is 9.73. The standard InChI is InChI=1S/C26H29N3O2S/c1-3-31-20-9-7-19(8-10-20)27-26-29(13-4-14-32-26)25(30)18-6-12-24-22(16-18)21-15-17(2)5-11-23(21)28-24/h6-10,12,16-17,28H,3-5,11,13-15H2,1-2H3/t17-/m1/s1. The van der Waals surface area contributed by atoms with Gasteiger partial charge in [-0.1, -0.05) is 18.7 Å². The number of amides is 1. The van der Waals surface area contributed by atoms with E-state index >= 15 is 0 Å². The number of aryl methyl sites for hydroxylation is 1. The van der Waals surface area contributed by atoms with Gasteiger partial charge in [-0.15, -0.1) is 0 Å². The molecule has 1 amide bonds. The van der Waals surface area contributed by atoms with Gasteiger partial charge in [-0.25, -0.2) is 4.99 Å². The van der Waals surface area contributed by atoms with Crippen LogP contribution in [-0.2, 0) is 12.8 Å². The molecule has 0 saturated carbocycles. The Kier molecular flexibility index (Phi) is 5.96. The van der Waals surface area contributed by atoms with Crippen LogP contribution in [0.5, 0.6) is 5.75 Å². The average Bonchev–Trinajstić information content (AvgIpc) is 3.17. The first-order valence-corrected chi connectivity index (χ1v) is 12.5. The normalized spacial score (nSPS) is 19.9. The van der Waals surface area contributed by atoms with Crippen LogP contribution in [0.25, 0.3) is 10.9 Å². The molecule has 166 valence electrons. The maximum Gasteiger partial charge on any atom is 0.259 e. The number of fused-ring (bicyclic) bond motifs is 3. The Labute approximate surface area is 193 Å². The summed E-state index contributed by atoms with van der Waals surface area (Å²) in [5.41, 5.74) is 5.44. The van der Waals surface area contributed by atoms with Gasteiger partial charge in [0, 0.05) is 34.5 Å². The van der Waals surface area contributed by atoms with Crippen molar-refractivity contribution in [1.29, 1.82) is 0 Å². The summed E-state index contributed by atoms with van der Waals surface area (Å²) in [7, 11) is 0. The molecule has 2 heterocycles. The molecular weight excluding hydrogens is 418 g/mol. The van der Waals surface area contributed by atoms with Gasteiger partial charge in [0.25, 0.3) is 5.91 Å². The molecule has 1 fully saturated rings. The highest BCUT2D eigenvalue weighted by molar-refractivity contribution is 8.13. The Balaban J connectivity index is 1.44. The van der Waals surface area contributed by atoms with Crippen molar-refractivity contribution in [3.05, 3.63) is 59.3 Å². The molecule has 32 heavy (non-hydrogen) atoms. The molecular formula is C26H29N3O2S. The van der Waals surface area contributed by atoms with Crippen molar-refractivity contribution in [1.82, 2.24) is 9.88 Å². The first-order valence-electron chi connectivity index (χ1n) is 11.5. The molecule has 3 aromatic rings. The van der Waals surface area contributed by atoms with Crippen molar-refractivity contribution < 1.29 is 9.53 Å². The zero-order chi connectivity index (χ0) is 22.1. The Morgan fingerprint density at radius 1 is 1.25 bits per heavy atom. The monoisotopic (exact) mass is 447 g/mol. The number of nitrogens with zero attached hydrogens (tertiary/aromatic N) is 2. The highest BCUT2D eigenvalue weighted by Crippen LogP contribution is 2.33. The van der Waals surface area contributed by atoms with E-state index in [1.165, 1.54) is 23.1 Å². The van der Waals surface area contributed by atoms with Crippen LogP contribution in [-0.4, -0.2) is 39.9 Å². The Morgan fingerprint density at radius 2 is 2.09 bits per heavy atom. The number of hydrogen-bond acceptors (Lipinski definition) is 4. The smallest absolute Gasteiger partial charge is 0.259 e. The van der Waals surface area contributed by atoms with Crippen LogP contribution in [0.1, 0.15) is 48.3 Å². The fourth-order valence-corrected chi connectivity index (χ4v) is 5.57. The average molecular weight is 448 g/mol. The summed E-state index contributed by atoms with van der Waals surface area (Å²) in [4.78, 5) is 23.8. The van der Waals surface area contributed by atoms with E-state index in [4.69, 9.17) is 9.73 Å². The van der Waals surface area contributed by atoms with Crippen molar-refractivity contribution in [3.63, 3.8) is 0 Å². The van der Waals surface area contributed by atoms with Crippen LogP contribution in [0.3, 0.4) is 0 Å². The Morgan fingerprint density at radius 3 is 2.91 bits per heavy atom. The minimum atomic E-state index is 0.0302. The lowest BCUT2D eigenvalue weighted by Crippen LogP contribution is -2.39. The Bertz CT molecular complexity index is 1170. The van der Waals surface area contributed by atoms with Gasteiger partial charge in [-0.3, -0.25) is 9.69 Å². The highest BCUT2D eigenvalue weighted by atomic mass is 32.2. The zero-order valence-corrected chi connectivity index (χ0v) is 19.5. The summed E-state index contributed by atoms with van der Waals surface area (Å²) in [6.45, 7) is 5.62. The van der Waals surface area contributed by atoms with Crippen LogP contribution in [0, 0.1) is 5.92 Å². The molecule has 0 radical (unpaired) electrons. The van der Waals surface area contributed by atoms with Crippen LogP contribution in [0.4, 0.5) is 5.69 Å². The van der Waals surface area contributed by atoms with Gasteiger partial charge in [0.2, 0.25) is 0 Å².